The van der Waals surface area contributed by atoms with Crippen LogP contribution in [-0.4, -0.2) is 40.7 Å². The highest BCUT2D eigenvalue weighted by Gasteiger charge is 2.25. The summed E-state index contributed by atoms with van der Waals surface area (Å²) in [7, 11) is -2.15. The molecule has 1 amide bonds. The van der Waals surface area contributed by atoms with Gasteiger partial charge in [-0.05, 0) is 18.2 Å². The molecule has 10 nitrogen and oxygen atoms in total. The van der Waals surface area contributed by atoms with E-state index in [1.807, 2.05) is 0 Å². The molecule has 4 rings (SSSR count). The zero-order valence-electron chi connectivity index (χ0n) is 16.5. The zero-order valence-corrected chi connectivity index (χ0v) is 18.2. The molecule has 0 aliphatic heterocycles. The monoisotopic (exact) mass is 494 g/mol. The smallest absolute Gasteiger partial charge is 0.272 e. The number of fused-ring (bicyclic) bond motifs is 1. The number of nitrogens with one attached hydrogen (secondary N) is 2. The number of imidazole rings is 1. The highest BCUT2D eigenvalue weighted by Crippen LogP contribution is 2.34. The molecule has 0 atom stereocenters. The van der Waals surface area contributed by atoms with Gasteiger partial charge in [0.25, 0.3) is 11.5 Å². The average molecular weight is 495 g/mol. The van der Waals surface area contributed by atoms with E-state index in [0.29, 0.717) is 4.31 Å². The lowest BCUT2D eigenvalue weighted by Crippen LogP contribution is -2.24. The van der Waals surface area contributed by atoms with Crippen molar-refractivity contribution in [2.75, 3.05) is 11.4 Å². The first-order chi connectivity index (χ1) is 15.7. The van der Waals surface area contributed by atoms with Crippen molar-refractivity contribution in [1.29, 1.82) is 0 Å². The molecule has 170 valence electrons. The quantitative estimate of drug-likeness (QED) is 0.364. The van der Waals surface area contributed by atoms with Crippen LogP contribution in [-0.2, 0) is 10.9 Å². The predicted octanol–water partition coefficient (Wildman–Crippen LogP) is 2.04. The van der Waals surface area contributed by atoms with Crippen molar-refractivity contribution in [1.82, 2.24) is 24.7 Å². The number of hydrogen-bond acceptors (Lipinski definition) is 6. The molecule has 14 heteroatoms. The van der Waals surface area contributed by atoms with Crippen molar-refractivity contribution in [2.24, 2.45) is 0 Å². The van der Waals surface area contributed by atoms with Crippen LogP contribution in [0.15, 0.2) is 47.9 Å². The lowest BCUT2D eigenvalue weighted by Gasteiger charge is -2.19. The van der Waals surface area contributed by atoms with Crippen molar-refractivity contribution in [2.45, 2.75) is 0 Å². The summed E-state index contributed by atoms with van der Waals surface area (Å²) in [6.07, 6.45) is 4.82. The van der Waals surface area contributed by atoms with Crippen LogP contribution in [0.25, 0.3) is 16.8 Å². The van der Waals surface area contributed by atoms with Crippen LogP contribution >= 0.6 is 11.6 Å². The summed E-state index contributed by atoms with van der Waals surface area (Å²) in [5.41, 5.74) is -2.47. The Morgan fingerprint density at radius 2 is 2.00 bits per heavy atom. The minimum atomic E-state index is -3.57. The van der Waals surface area contributed by atoms with Gasteiger partial charge in [0.05, 0.1) is 33.7 Å². The summed E-state index contributed by atoms with van der Waals surface area (Å²) < 4.78 is 55.8. The molecular formula is C19H13ClF2N6O4S. The molecule has 0 spiro atoms. The van der Waals surface area contributed by atoms with Gasteiger partial charge in [0.2, 0.25) is 10.9 Å². The molecule has 1 aromatic carbocycles. The van der Waals surface area contributed by atoms with Crippen LogP contribution < -0.4 is 15.2 Å². The summed E-state index contributed by atoms with van der Waals surface area (Å²) in [5.74, 6) is -2.80. The number of thiol groups is 1. The number of amides is 1. The Morgan fingerprint density at radius 1 is 1.24 bits per heavy atom. The second kappa shape index (κ2) is 8.60. The van der Waals surface area contributed by atoms with Gasteiger partial charge in [-0.25, -0.2) is 26.5 Å². The highest BCUT2D eigenvalue weighted by molar-refractivity contribution is 7.74. The number of nitrogens with zero attached hydrogens (tertiary/aromatic N) is 4. The van der Waals surface area contributed by atoms with Crippen molar-refractivity contribution >= 4 is 45.3 Å². The minimum absolute atomic E-state index is 0.00617. The normalized spacial score (nSPS) is 11.2. The number of pyridine rings is 1. The number of carbonyl (C=O) groups is 1. The zero-order chi connectivity index (χ0) is 23.9. The van der Waals surface area contributed by atoms with Crippen molar-refractivity contribution in [3.05, 3.63) is 75.8 Å². The van der Waals surface area contributed by atoms with Crippen molar-refractivity contribution in [3.63, 3.8) is 0 Å². The van der Waals surface area contributed by atoms with Gasteiger partial charge in [0.1, 0.15) is 17.8 Å². The molecule has 0 aliphatic carbocycles. The van der Waals surface area contributed by atoms with Gasteiger partial charge in [-0.2, -0.15) is 0 Å². The molecule has 2 N–H and O–H groups in total. The number of benzene rings is 1. The van der Waals surface area contributed by atoms with Gasteiger partial charge in [0.15, 0.2) is 11.5 Å². The van der Waals surface area contributed by atoms with Crippen molar-refractivity contribution in [3.8, 4) is 11.3 Å². The van der Waals surface area contributed by atoms with Gasteiger partial charge in [-0.15, -0.1) is 0 Å². The molecule has 0 bridgehead atoms. The molecule has 0 saturated heterocycles. The Morgan fingerprint density at radius 3 is 2.70 bits per heavy atom. The van der Waals surface area contributed by atoms with E-state index in [0.717, 1.165) is 24.4 Å². The maximum absolute atomic E-state index is 15.5. The Hall–Kier alpha value is -3.84. The molecule has 0 unspecified atom stereocenters. The molecule has 0 saturated carbocycles. The second-order valence-electron chi connectivity index (χ2n) is 6.57. The van der Waals surface area contributed by atoms with E-state index >= 15 is 4.39 Å². The van der Waals surface area contributed by atoms with Crippen LogP contribution in [0.3, 0.4) is 0 Å². The molecule has 3 heterocycles. The summed E-state index contributed by atoms with van der Waals surface area (Å²) >= 11 is 5.84. The average Bonchev–Trinajstić information content (AvgIpc) is 3.20. The van der Waals surface area contributed by atoms with Crippen LogP contribution in [0.4, 0.5) is 20.2 Å². The third kappa shape index (κ3) is 3.91. The topological polar surface area (TPSA) is 130 Å². The minimum Gasteiger partial charge on any atom is -0.354 e. The fourth-order valence-electron chi connectivity index (χ4n) is 3.17. The highest BCUT2D eigenvalue weighted by atomic mass is 35.5. The van der Waals surface area contributed by atoms with E-state index in [1.54, 1.807) is 0 Å². The van der Waals surface area contributed by atoms with Crippen LogP contribution in [0.2, 0.25) is 5.02 Å². The number of H-pyrrole nitrogens is 1. The Balaban J connectivity index is 1.91. The summed E-state index contributed by atoms with van der Waals surface area (Å²) in [5, 5.41) is 2.41. The van der Waals surface area contributed by atoms with E-state index in [2.05, 4.69) is 20.3 Å². The van der Waals surface area contributed by atoms with Gasteiger partial charge in [-0.1, -0.05) is 11.6 Å². The first-order valence-electron chi connectivity index (χ1n) is 9.08. The second-order valence-corrected chi connectivity index (χ2v) is 7.89. The van der Waals surface area contributed by atoms with Crippen LogP contribution in [0.1, 0.15) is 10.5 Å². The fraction of sp³-hybridized carbons (Fsp3) is 0.0526. The molecule has 4 aromatic rings. The van der Waals surface area contributed by atoms with Gasteiger partial charge >= 0.3 is 0 Å². The van der Waals surface area contributed by atoms with Gasteiger partial charge in [0, 0.05) is 19.4 Å². The number of rotatable bonds is 5. The van der Waals surface area contributed by atoms with Crippen LogP contribution in [0.5, 0.6) is 0 Å². The summed E-state index contributed by atoms with van der Waals surface area (Å²) in [4.78, 5) is 34.3. The molecule has 3 aromatic heterocycles. The Bertz CT molecular complexity index is 1540. The lowest BCUT2D eigenvalue weighted by molar-refractivity contribution is 0.0960. The standard InChI is InChI=1S/C19H13ClF2N6O4S/c1-23-19(30)17-14-6-24-11(7-27(14)8-26-17)15-10(21)2-3-12(16(15)22)28(33(31)32)13-4-9(20)5-25-18(13)29/h2-8,33H,1H3,(H,23,30)(H,25,29). The molecule has 0 aliphatic rings. The van der Waals surface area contributed by atoms with Crippen LogP contribution in [0, 0.1) is 11.6 Å². The number of anilines is 2. The van der Waals surface area contributed by atoms with Gasteiger partial charge in [-0.3, -0.25) is 14.6 Å². The summed E-state index contributed by atoms with van der Waals surface area (Å²) in [6.45, 7) is 0. The Kier molecular flexibility index (Phi) is 5.82. The van der Waals surface area contributed by atoms with E-state index < -0.39 is 50.9 Å². The number of hydrogen-bond donors (Lipinski definition) is 3. The fourth-order valence-corrected chi connectivity index (χ4v) is 3.98. The number of aromatic nitrogens is 4. The first kappa shape index (κ1) is 22.4. The molecule has 0 radical (unpaired) electrons. The first-order valence-corrected chi connectivity index (χ1v) is 10.6. The maximum Gasteiger partial charge on any atom is 0.272 e. The molecule has 0 fully saturated rings. The third-order valence-electron chi connectivity index (χ3n) is 4.66. The van der Waals surface area contributed by atoms with E-state index in [4.69, 9.17) is 11.6 Å². The number of aromatic amines is 1. The predicted molar refractivity (Wildman–Crippen MR) is 116 cm³/mol. The maximum atomic E-state index is 15.5. The van der Waals surface area contributed by atoms with Crippen molar-refractivity contribution < 1.29 is 22.0 Å². The Labute approximate surface area is 190 Å². The SMILES string of the molecule is CNC(=O)c1ncn2cc(-c3c(F)ccc(N(c4cc(Cl)c[nH]c4=O)[SH](=O)=O)c3F)ncc12. The summed E-state index contributed by atoms with van der Waals surface area (Å²) in [6, 6.07) is 2.75. The van der Waals surface area contributed by atoms with E-state index in [9.17, 15) is 22.4 Å². The van der Waals surface area contributed by atoms with E-state index in [-0.39, 0.29) is 21.9 Å². The molecule has 33 heavy (non-hydrogen) atoms. The third-order valence-corrected chi connectivity index (χ3v) is 5.63. The molecular weight excluding hydrogens is 482 g/mol. The lowest BCUT2D eigenvalue weighted by atomic mass is 10.1. The number of carbonyl (C=O) groups excluding carboxylic acids is 1. The van der Waals surface area contributed by atoms with Gasteiger partial charge < -0.3 is 14.7 Å². The largest absolute Gasteiger partial charge is 0.354 e. The van der Waals surface area contributed by atoms with E-state index in [1.165, 1.54) is 30.2 Å². The number of halogens is 3.